The summed E-state index contributed by atoms with van der Waals surface area (Å²) in [5.74, 6) is -1.34. The maximum absolute atomic E-state index is 13.5. The molecule has 156 valence electrons. The Bertz CT molecular complexity index is 805. The molecule has 29 heavy (non-hydrogen) atoms. The van der Waals surface area contributed by atoms with Gasteiger partial charge in [0.2, 0.25) is 5.91 Å². The smallest absolute Gasteiger partial charge is 0.411 e. The van der Waals surface area contributed by atoms with E-state index in [4.69, 9.17) is 18.9 Å². The third-order valence-electron chi connectivity index (χ3n) is 6.51. The average molecular weight is 402 g/mol. The molecule has 1 aromatic carbocycles. The molecule has 8 heteroatoms. The van der Waals surface area contributed by atoms with Crippen LogP contribution in [0.15, 0.2) is 30.3 Å². The Balaban J connectivity index is 1.36. The van der Waals surface area contributed by atoms with Crippen molar-refractivity contribution in [2.24, 2.45) is 5.41 Å². The van der Waals surface area contributed by atoms with Gasteiger partial charge < -0.3 is 23.8 Å². The molecular weight excluding hydrogens is 376 g/mol. The summed E-state index contributed by atoms with van der Waals surface area (Å²) in [4.78, 5) is 29.3. The minimum atomic E-state index is -1.21. The van der Waals surface area contributed by atoms with Gasteiger partial charge in [0.15, 0.2) is 0 Å². The Labute approximate surface area is 169 Å². The lowest BCUT2D eigenvalue weighted by atomic mass is 9.92. The van der Waals surface area contributed by atoms with E-state index in [1.807, 2.05) is 37.3 Å². The average Bonchev–Trinajstić information content (AvgIpc) is 3.26. The largest absolute Gasteiger partial charge is 0.447 e. The SMILES string of the molecule is CC12COC(CN3CC[C@@](C)(N4C(=O)OC[C@@H]4c4ccccc4)C3=O)(OC1)OC2. The zero-order valence-corrected chi connectivity index (χ0v) is 16.8. The zero-order chi connectivity index (χ0) is 20.3. The predicted molar refractivity (Wildman–Crippen MR) is 101 cm³/mol. The van der Waals surface area contributed by atoms with Gasteiger partial charge in [-0.05, 0) is 18.9 Å². The fourth-order valence-electron chi connectivity index (χ4n) is 4.64. The molecular formula is C21H26N2O6. The Morgan fingerprint density at radius 1 is 1.03 bits per heavy atom. The second kappa shape index (κ2) is 6.42. The van der Waals surface area contributed by atoms with Gasteiger partial charge in [-0.2, -0.15) is 0 Å². The fourth-order valence-corrected chi connectivity index (χ4v) is 4.64. The minimum absolute atomic E-state index is 0.131. The number of likely N-dealkylation sites (tertiary alicyclic amines) is 1. The highest BCUT2D eigenvalue weighted by Gasteiger charge is 2.58. The molecule has 0 aliphatic carbocycles. The van der Waals surface area contributed by atoms with Crippen LogP contribution in [0.3, 0.4) is 0 Å². The molecule has 8 nitrogen and oxygen atoms in total. The van der Waals surface area contributed by atoms with Gasteiger partial charge >= 0.3 is 12.1 Å². The van der Waals surface area contributed by atoms with Crippen molar-refractivity contribution in [2.45, 2.75) is 37.8 Å². The van der Waals surface area contributed by atoms with Gasteiger partial charge in [-0.3, -0.25) is 9.69 Å². The molecule has 0 N–H and O–H groups in total. The molecule has 0 aromatic heterocycles. The molecule has 5 saturated heterocycles. The van der Waals surface area contributed by atoms with E-state index in [1.54, 1.807) is 9.80 Å². The number of carbonyl (C=O) groups excluding carboxylic acids is 2. The van der Waals surface area contributed by atoms with E-state index >= 15 is 0 Å². The lowest BCUT2D eigenvalue weighted by Crippen LogP contribution is -2.63. The van der Waals surface area contributed by atoms with Crippen molar-refractivity contribution in [3.8, 4) is 0 Å². The van der Waals surface area contributed by atoms with E-state index in [2.05, 4.69) is 6.92 Å². The summed E-state index contributed by atoms with van der Waals surface area (Å²) in [6.45, 7) is 6.42. The first kappa shape index (κ1) is 18.8. The number of rotatable bonds is 4. The summed E-state index contributed by atoms with van der Waals surface area (Å²) in [6, 6.07) is 9.39. The van der Waals surface area contributed by atoms with Crippen LogP contribution < -0.4 is 0 Å². The van der Waals surface area contributed by atoms with Crippen LogP contribution in [0, 0.1) is 5.41 Å². The van der Waals surface area contributed by atoms with Gasteiger partial charge in [0.25, 0.3) is 0 Å². The number of fused-ring (bicyclic) bond motifs is 3. The topological polar surface area (TPSA) is 77.5 Å². The number of amides is 2. The number of carbonyl (C=O) groups is 2. The quantitative estimate of drug-likeness (QED) is 0.766. The molecule has 5 aliphatic rings. The molecule has 2 bridgehead atoms. The molecule has 6 rings (SSSR count). The first-order valence-corrected chi connectivity index (χ1v) is 10.1. The molecule has 5 heterocycles. The highest BCUT2D eigenvalue weighted by molar-refractivity contribution is 5.92. The molecule has 0 spiro atoms. The molecule has 1 aromatic rings. The lowest BCUT2D eigenvalue weighted by Gasteiger charge is -2.51. The van der Waals surface area contributed by atoms with Crippen molar-refractivity contribution in [2.75, 3.05) is 39.5 Å². The molecule has 0 unspecified atom stereocenters. The molecule has 2 atom stereocenters. The number of nitrogens with zero attached hydrogens (tertiary/aromatic N) is 2. The first-order chi connectivity index (χ1) is 13.8. The van der Waals surface area contributed by atoms with Crippen molar-refractivity contribution in [3.63, 3.8) is 0 Å². The maximum Gasteiger partial charge on any atom is 0.411 e. The highest BCUT2D eigenvalue weighted by atomic mass is 16.9. The van der Waals surface area contributed by atoms with E-state index in [9.17, 15) is 9.59 Å². The maximum atomic E-state index is 13.5. The van der Waals surface area contributed by atoms with E-state index in [0.717, 1.165) is 5.56 Å². The van der Waals surface area contributed by atoms with Crippen molar-refractivity contribution in [1.29, 1.82) is 0 Å². The van der Waals surface area contributed by atoms with Crippen LogP contribution in [-0.4, -0.2) is 72.8 Å². The van der Waals surface area contributed by atoms with Gasteiger partial charge in [-0.15, -0.1) is 0 Å². The van der Waals surface area contributed by atoms with Crippen LogP contribution in [-0.2, 0) is 23.7 Å². The van der Waals surface area contributed by atoms with E-state index in [-0.39, 0.29) is 30.5 Å². The Hall–Kier alpha value is -2.16. The molecule has 0 saturated carbocycles. The van der Waals surface area contributed by atoms with Gasteiger partial charge in [0.1, 0.15) is 18.7 Å². The highest BCUT2D eigenvalue weighted by Crippen LogP contribution is 2.42. The third-order valence-corrected chi connectivity index (χ3v) is 6.51. The fraction of sp³-hybridized carbons (Fsp3) is 0.619. The van der Waals surface area contributed by atoms with E-state index in [1.165, 1.54) is 0 Å². The van der Waals surface area contributed by atoms with Gasteiger partial charge in [-0.1, -0.05) is 37.3 Å². The monoisotopic (exact) mass is 402 g/mol. The summed E-state index contributed by atoms with van der Waals surface area (Å²) < 4.78 is 22.9. The molecule has 5 aliphatic heterocycles. The zero-order valence-electron chi connectivity index (χ0n) is 16.8. The van der Waals surface area contributed by atoms with Crippen LogP contribution in [0.4, 0.5) is 4.79 Å². The van der Waals surface area contributed by atoms with Gasteiger partial charge in [0, 0.05) is 12.0 Å². The number of hydrogen-bond acceptors (Lipinski definition) is 6. The summed E-state index contributed by atoms with van der Waals surface area (Å²) in [5.41, 5.74) is -0.158. The summed E-state index contributed by atoms with van der Waals surface area (Å²) in [7, 11) is 0. The van der Waals surface area contributed by atoms with Crippen LogP contribution in [0.2, 0.25) is 0 Å². The Morgan fingerprint density at radius 2 is 1.69 bits per heavy atom. The second-order valence-corrected chi connectivity index (χ2v) is 8.98. The summed E-state index contributed by atoms with van der Waals surface area (Å²) in [5, 5.41) is 0. The van der Waals surface area contributed by atoms with Crippen molar-refractivity contribution >= 4 is 12.0 Å². The van der Waals surface area contributed by atoms with Crippen LogP contribution in [0.5, 0.6) is 0 Å². The number of hydrogen-bond donors (Lipinski definition) is 0. The first-order valence-electron chi connectivity index (χ1n) is 10.1. The molecule has 0 radical (unpaired) electrons. The minimum Gasteiger partial charge on any atom is -0.447 e. The molecule has 2 amide bonds. The van der Waals surface area contributed by atoms with E-state index in [0.29, 0.717) is 32.8 Å². The standard InChI is InChI=1S/C21H26N2O6/c1-19-12-27-21(28-13-19,29-14-19)11-22-9-8-20(2,17(22)24)23-16(10-26-18(23)25)15-6-4-3-5-7-15/h3-7,16H,8-14H2,1-2H3/t16-,19?,20-,21?/m1/s1. The lowest BCUT2D eigenvalue weighted by molar-refractivity contribution is -0.466. The van der Waals surface area contributed by atoms with Crippen LogP contribution in [0.1, 0.15) is 31.9 Å². The van der Waals surface area contributed by atoms with Crippen molar-refractivity contribution in [1.82, 2.24) is 9.80 Å². The molecule has 5 fully saturated rings. The Morgan fingerprint density at radius 3 is 2.34 bits per heavy atom. The number of ether oxygens (including phenoxy) is 4. The van der Waals surface area contributed by atoms with Crippen molar-refractivity contribution in [3.05, 3.63) is 35.9 Å². The van der Waals surface area contributed by atoms with Crippen LogP contribution in [0.25, 0.3) is 0 Å². The summed E-state index contributed by atoms with van der Waals surface area (Å²) in [6.07, 6.45) is 0.0579. The second-order valence-electron chi connectivity index (χ2n) is 8.98. The Kier molecular flexibility index (Phi) is 4.17. The summed E-state index contributed by atoms with van der Waals surface area (Å²) >= 11 is 0. The third kappa shape index (κ3) is 2.93. The van der Waals surface area contributed by atoms with E-state index < -0.39 is 17.6 Å². The van der Waals surface area contributed by atoms with Gasteiger partial charge in [-0.25, -0.2) is 4.79 Å². The number of cyclic esters (lactones) is 1. The van der Waals surface area contributed by atoms with Gasteiger partial charge in [0.05, 0.1) is 25.9 Å². The number of benzene rings is 1. The normalized spacial score (nSPS) is 39.3. The van der Waals surface area contributed by atoms with Crippen LogP contribution >= 0.6 is 0 Å². The van der Waals surface area contributed by atoms with Crippen molar-refractivity contribution < 1.29 is 28.5 Å². The predicted octanol–water partition coefficient (Wildman–Crippen LogP) is 1.91.